The Morgan fingerprint density at radius 1 is 1.56 bits per heavy atom. The first-order chi connectivity index (χ1) is 4.22. The number of nitrogens with two attached hydrogens (primary N) is 2. The van der Waals surface area contributed by atoms with Gasteiger partial charge in [-0.15, -0.1) is 0 Å². The van der Waals surface area contributed by atoms with Crippen LogP contribution in [-0.4, -0.2) is 7.05 Å². The van der Waals surface area contributed by atoms with Crippen LogP contribution in [0.1, 0.15) is 6.92 Å². The number of rotatable bonds is 2. The second kappa shape index (κ2) is 3.83. The molecule has 0 rings (SSSR count). The van der Waals surface area contributed by atoms with Gasteiger partial charge in [0.2, 0.25) is 0 Å². The summed E-state index contributed by atoms with van der Waals surface area (Å²) in [6.07, 6.45) is 3.17. The van der Waals surface area contributed by atoms with Gasteiger partial charge in [0.15, 0.2) is 0 Å². The van der Waals surface area contributed by atoms with Crippen molar-refractivity contribution in [2.75, 3.05) is 7.05 Å². The number of allylic oxidation sites excluding steroid dienone is 1. The van der Waals surface area contributed by atoms with Gasteiger partial charge >= 0.3 is 0 Å². The summed E-state index contributed by atoms with van der Waals surface area (Å²) in [5.74, 6) is 0. The Bertz CT molecular complexity index is 135. The molecule has 0 aliphatic heterocycles. The van der Waals surface area contributed by atoms with E-state index in [-0.39, 0.29) is 0 Å². The minimum atomic E-state index is 0.601. The molecule has 0 fully saturated rings. The first-order valence-corrected chi connectivity index (χ1v) is 2.74. The number of nitrogens with one attached hydrogen (secondary N) is 1. The molecular weight excluding hydrogens is 114 g/mol. The van der Waals surface area contributed by atoms with Crippen molar-refractivity contribution in [2.45, 2.75) is 6.92 Å². The molecule has 0 aromatic rings. The van der Waals surface area contributed by atoms with E-state index >= 15 is 0 Å². The fourth-order valence-electron chi connectivity index (χ4n) is 0.431. The van der Waals surface area contributed by atoms with Crippen molar-refractivity contribution in [3.05, 3.63) is 23.7 Å². The lowest BCUT2D eigenvalue weighted by Gasteiger charge is -1.98. The maximum absolute atomic E-state index is 5.43. The van der Waals surface area contributed by atoms with Crippen LogP contribution >= 0.6 is 0 Å². The Hall–Kier alpha value is -1.12. The average molecular weight is 127 g/mol. The molecule has 0 aliphatic rings. The highest BCUT2D eigenvalue weighted by Crippen LogP contribution is 1.96. The van der Waals surface area contributed by atoms with Gasteiger partial charge in [-0.1, -0.05) is 0 Å². The lowest BCUT2D eigenvalue weighted by atomic mass is 10.2. The Labute approximate surface area is 55.4 Å². The largest absolute Gasteiger partial charge is 0.403 e. The average Bonchev–Trinajstić information content (AvgIpc) is 1.87. The molecule has 5 N–H and O–H groups in total. The van der Waals surface area contributed by atoms with Gasteiger partial charge in [-0.2, -0.15) is 0 Å². The molecular formula is C6H13N3. The summed E-state index contributed by atoms with van der Waals surface area (Å²) in [5.41, 5.74) is 12.1. The first-order valence-electron chi connectivity index (χ1n) is 2.74. The van der Waals surface area contributed by atoms with Crippen LogP contribution in [-0.2, 0) is 0 Å². The minimum Gasteiger partial charge on any atom is -0.403 e. The van der Waals surface area contributed by atoms with Crippen LogP contribution in [0.5, 0.6) is 0 Å². The van der Waals surface area contributed by atoms with Crippen LogP contribution in [0.25, 0.3) is 0 Å². The second-order valence-corrected chi connectivity index (χ2v) is 1.74. The van der Waals surface area contributed by atoms with E-state index in [1.165, 1.54) is 6.20 Å². The third kappa shape index (κ3) is 2.64. The third-order valence-electron chi connectivity index (χ3n) is 0.996. The molecule has 52 valence electrons. The lowest BCUT2D eigenvalue weighted by Crippen LogP contribution is -2.05. The highest BCUT2D eigenvalue weighted by atomic mass is 14.8. The maximum atomic E-state index is 5.43. The van der Waals surface area contributed by atoms with Gasteiger partial charge in [0, 0.05) is 19.4 Å². The van der Waals surface area contributed by atoms with E-state index < -0.39 is 0 Å². The van der Waals surface area contributed by atoms with Gasteiger partial charge in [-0.25, -0.2) is 0 Å². The molecule has 0 bridgehead atoms. The lowest BCUT2D eigenvalue weighted by molar-refractivity contribution is 1.07. The van der Waals surface area contributed by atoms with E-state index in [0.717, 1.165) is 5.57 Å². The molecule has 0 aromatic carbocycles. The van der Waals surface area contributed by atoms with E-state index in [9.17, 15) is 0 Å². The van der Waals surface area contributed by atoms with Crippen LogP contribution in [0.15, 0.2) is 23.7 Å². The SMILES string of the molecule is CN/C=C(C)/C(N)=C\N. The Kier molecular flexibility index (Phi) is 3.35. The molecule has 0 aliphatic carbocycles. The molecule has 0 saturated carbocycles. The van der Waals surface area contributed by atoms with Crippen molar-refractivity contribution in [3.63, 3.8) is 0 Å². The molecule has 0 saturated heterocycles. The van der Waals surface area contributed by atoms with Gasteiger partial charge in [-0.05, 0) is 12.5 Å². The van der Waals surface area contributed by atoms with Crippen LogP contribution < -0.4 is 16.8 Å². The van der Waals surface area contributed by atoms with Crippen LogP contribution in [0, 0.1) is 0 Å². The van der Waals surface area contributed by atoms with Gasteiger partial charge in [0.1, 0.15) is 0 Å². The quantitative estimate of drug-likeness (QED) is 0.453. The zero-order valence-corrected chi connectivity index (χ0v) is 5.81. The monoisotopic (exact) mass is 127 g/mol. The Morgan fingerprint density at radius 3 is 2.44 bits per heavy atom. The smallest absolute Gasteiger partial charge is 0.0515 e. The zero-order chi connectivity index (χ0) is 7.28. The third-order valence-corrected chi connectivity index (χ3v) is 0.996. The fraction of sp³-hybridized carbons (Fsp3) is 0.333. The van der Waals surface area contributed by atoms with Crippen LogP contribution in [0.4, 0.5) is 0 Å². The predicted octanol–water partition coefficient (Wildman–Crippen LogP) is -0.132. The summed E-state index contributed by atoms with van der Waals surface area (Å²) in [4.78, 5) is 0. The molecule has 9 heavy (non-hydrogen) atoms. The first kappa shape index (κ1) is 7.88. The highest BCUT2D eigenvalue weighted by Gasteiger charge is 1.88. The summed E-state index contributed by atoms with van der Waals surface area (Å²) >= 11 is 0. The van der Waals surface area contributed by atoms with Gasteiger partial charge < -0.3 is 16.8 Å². The van der Waals surface area contributed by atoms with Crippen LogP contribution in [0.3, 0.4) is 0 Å². The van der Waals surface area contributed by atoms with Crippen molar-refractivity contribution < 1.29 is 0 Å². The van der Waals surface area contributed by atoms with Gasteiger partial charge in [0.25, 0.3) is 0 Å². The van der Waals surface area contributed by atoms with E-state index in [1.54, 1.807) is 6.20 Å². The molecule has 0 amide bonds. The zero-order valence-electron chi connectivity index (χ0n) is 5.81. The molecule has 0 atom stereocenters. The molecule has 0 aromatic heterocycles. The summed E-state index contributed by atoms with van der Waals surface area (Å²) < 4.78 is 0. The second-order valence-electron chi connectivity index (χ2n) is 1.74. The number of hydrogen-bond acceptors (Lipinski definition) is 3. The molecule has 0 radical (unpaired) electrons. The summed E-state index contributed by atoms with van der Waals surface area (Å²) in [6.45, 7) is 1.88. The highest BCUT2D eigenvalue weighted by molar-refractivity contribution is 5.23. The standard InChI is InChI=1S/C6H13N3/c1-5(4-9-2)6(8)3-7/h3-4,9H,7-8H2,1-2H3/b5-4+,6-3+. The normalized spacial score (nSPS) is 13.6. The molecule has 0 spiro atoms. The maximum Gasteiger partial charge on any atom is 0.0515 e. The summed E-state index contributed by atoms with van der Waals surface area (Å²) in [6, 6.07) is 0. The predicted molar refractivity (Wildman–Crippen MR) is 39.3 cm³/mol. The van der Waals surface area contributed by atoms with E-state index in [0.29, 0.717) is 5.70 Å². The molecule has 0 heterocycles. The molecule has 3 heteroatoms. The summed E-state index contributed by atoms with van der Waals surface area (Å²) in [5, 5.41) is 2.84. The Balaban J connectivity index is 4.03. The van der Waals surface area contributed by atoms with Crippen molar-refractivity contribution >= 4 is 0 Å². The van der Waals surface area contributed by atoms with Gasteiger partial charge in [-0.3, -0.25) is 0 Å². The van der Waals surface area contributed by atoms with E-state index in [2.05, 4.69) is 5.32 Å². The van der Waals surface area contributed by atoms with E-state index in [4.69, 9.17) is 11.5 Å². The van der Waals surface area contributed by atoms with E-state index in [1.807, 2.05) is 14.0 Å². The van der Waals surface area contributed by atoms with Crippen molar-refractivity contribution in [1.82, 2.24) is 5.32 Å². The van der Waals surface area contributed by atoms with Crippen molar-refractivity contribution in [3.8, 4) is 0 Å². The van der Waals surface area contributed by atoms with Crippen molar-refractivity contribution in [1.29, 1.82) is 0 Å². The van der Waals surface area contributed by atoms with Gasteiger partial charge in [0.05, 0.1) is 5.70 Å². The molecule has 3 nitrogen and oxygen atoms in total. The minimum absolute atomic E-state index is 0.601. The molecule has 0 unspecified atom stereocenters. The fourth-order valence-corrected chi connectivity index (χ4v) is 0.431. The summed E-state index contributed by atoms with van der Waals surface area (Å²) in [7, 11) is 1.81. The number of hydrogen-bond donors (Lipinski definition) is 3. The Morgan fingerprint density at radius 2 is 2.11 bits per heavy atom. The van der Waals surface area contributed by atoms with Crippen molar-refractivity contribution in [2.24, 2.45) is 11.5 Å². The van der Waals surface area contributed by atoms with Crippen LogP contribution in [0.2, 0.25) is 0 Å². The topological polar surface area (TPSA) is 64.1 Å².